The average molecular weight is 474 g/mol. The number of hydrogen-bond acceptors (Lipinski definition) is 7. The first-order valence-corrected chi connectivity index (χ1v) is 11.9. The van der Waals surface area contributed by atoms with Crippen molar-refractivity contribution < 1.29 is 28.5 Å². The molecule has 7 heteroatoms. The molecule has 180 valence electrons. The van der Waals surface area contributed by atoms with Crippen LogP contribution in [0.15, 0.2) is 60.6 Å². The fraction of sp³-hybridized carbons (Fsp3) is 0.357. The fourth-order valence-electron chi connectivity index (χ4n) is 6.62. The van der Waals surface area contributed by atoms with E-state index in [1.165, 1.54) is 5.56 Å². The summed E-state index contributed by atoms with van der Waals surface area (Å²) in [6.45, 7) is 6.87. The Balaban J connectivity index is 1.43. The molecule has 4 atom stereocenters. The Morgan fingerprint density at radius 3 is 2.83 bits per heavy atom. The molecule has 2 aliphatic heterocycles. The van der Waals surface area contributed by atoms with Gasteiger partial charge in [0.15, 0.2) is 17.6 Å². The number of rotatable bonds is 6. The van der Waals surface area contributed by atoms with Crippen LogP contribution in [0, 0.1) is 5.92 Å². The summed E-state index contributed by atoms with van der Waals surface area (Å²) < 4.78 is 23.5. The quantitative estimate of drug-likeness (QED) is 0.270. The van der Waals surface area contributed by atoms with E-state index in [2.05, 4.69) is 18.5 Å². The number of nitrogens with zero attached hydrogens (tertiary/aromatic N) is 1. The lowest BCUT2D eigenvalue weighted by molar-refractivity contribution is -0.128. The van der Waals surface area contributed by atoms with Crippen molar-refractivity contribution in [3.63, 3.8) is 0 Å². The van der Waals surface area contributed by atoms with E-state index < -0.39 is 12.1 Å². The van der Waals surface area contributed by atoms with Crippen molar-refractivity contribution in [2.45, 2.75) is 43.7 Å². The Morgan fingerprint density at radius 1 is 1.20 bits per heavy atom. The third-order valence-corrected chi connectivity index (χ3v) is 7.99. The minimum Gasteiger partial charge on any atom is -0.477 e. The molecule has 0 aromatic heterocycles. The average Bonchev–Trinajstić information content (AvgIpc) is 3.19. The number of hydrogen-bond donors (Lipinski definition) is 0. The lowest BCUT2D eigenvalue weighted by atomic mass is 9.53. The normalized spacial score (nSPS) is 27.7. The lowest BCUT2D eigenvalue weighted by Gasteiger charge is -2.56. The summed E-state index contributed by atoms with van der Waals surface area (Å²) in [6, 6.07) is 11.1. The van der Waals surface area contributed by atoms with Gasteiger partial charge in [0, 0.05) is 17.0 Å². The first-order valence-electron chi connectivity index (χ1n) is 11.9. The molecule has 4 aliphatic rings. The van der Waals surface area contributed by atoms with Gasteiger partial charge in [0.1, 0.15) is 17.1 Å². The molecule has 4 unspecified atom stereocenters. The second-order valence-electron chi connectivity index (χ2n) is 9.82. The number of para-hydroxylation sites is 1. The van der Waals surface area contributed by atoms with Crippen LogP contribution in [0.3, 0.4) is 0 Å². The third kappa shape index (κ3) is 3.14. The Hall–Kier alpha value is -3.58. The van der Waals surface area contributed by atoms with Crippen LogP contribution in [-0.2, 0) is 21.4 Å². The van der Waals surface area contributed by atoms with Crippen molar-refractivity contribution in [3.05, 3.63) is 77.3 Å². The monoisotopic (exact) mass is 473 g/mol. The standard InChI is InChI=1S/C28H27NO6/c1-16(2)33-21-7-5-4-6-18(21)27(31)34-22-10-8-17-14-20-19-9-11-23(32-15-30)26-28(19,12-13-29(20)3)24(17)25(22)35-26/h4-8,10-11,15,19-20,26H,1,9,12-14H2,2-3H3. The molecule has 1 spiro atoms. The molecule has 0 radical (unpaired) electrons. The van der Waals surface area contributed by atoms with Crippen LogP contribution in [-0.4, -0.2) is 43.1 Å². The number of likely N-dealkylation sites (N-methyl/N-ethyl adjacent to an activating group) is 1. The molecule has 2 aromatic carbocycles. The Morgan fingerprint density at radius 2 is 2.03 bits per heavy atom. The highest BCUT2D eigenvalue weighted by Gasteiger charge is 2.64. The highest BCUT2D eigenvalue weighted by molar-refractivity contribution is 5.94. The molecule has 1 fully saturated rings. The van der Waals surface area contributed by atoms with Crippen LogP contribution in [0.4, 0.5) is 0 Å². The van der Waals surface area contributed by atoms with Crippen molar-refractivity contribution in [3.8, 4) is 17.2 Å². The van der Waals surface area contributed by atoms with Gasteiger partial charge in [-0.1, -0.05) is 24.8 Å². The summed E-state index contributed by atoms with van der Waals surface area (Å²) in [4.78, 5) is 27.0. The molecule has 0 saturated carbocycles. The van der Waals surface area contributed by atoms with Crippen molar-refractivity contribution in [1.29, 1.82) is 0 Å². The molecule has 2 bridgehead atoms. The van der Waals surface area contributed by atoms with Crippen molar-refractivity contribution in [1.82, 2.24) is 4.90 Å². The maximum atomic E-state index is 13.2. The van der Waals surface area contributed by atoms with Gasteiger partial charge in [-0.25, -0.2) is 4.79 Å². The molecule has 1 saturated heterocycles. The number of carbonyl (C=O) groups excluding carboxylic acids is 2. The summed E-state index contributed by atoms with van der Waals surface area (Å²) in [6.07, 6.45) is 4.16. The Kier molecular flexibility index (Phi) is 5.00. The van der Waals surface area contributed by atoms with Crippen LogP contribution in [0.1, 0.15) is 41.3 Å². The number of benzene rings is 2. The molecule has 7 nitrogen and oxygen atoms in total. The molecular weight excluding hydrogens is 446 g/mol. The minimum atomic E-state index is -0.539. The highest BCUT2D eigenvalue weighted by atomic mass is 16.6. The van der Waals surface area contributed by atoms with Crippen LogP contribution in [0.2, 0.25) is 0 Å². The summed E-state index contributed by atoms with van der Waals surface area (Å²) in [5.41, 5.74) is 2.30. The maximum Gasteiger partial charge on any atom is 0.347 e. The van der Waals surface area contributed by atoms with Crippen LogP contribution in [0.25, 0.3) is 0 Å². The maximum absolute atomic E-state index is 13.2. The van der Waals surface area contributed by atoms with E-state index in [4.69, 9.17) is 18.9 Å². The van der Waals surface area contributed by atoms with Gasteiger partial charge in [-0.3, -0.25) is 4.79 Å². The highest BCUT2D eigenvalue weighted by Crippen LogP contribution is 2.63. The van der Waals surface area contributed by atoms with Gasteiger partial charge in [-0.2, -0.15) is 0 Å². The number of allylic oxidation sites excluding steroid dienone is 2. The first kappa shape index (κ1) is 21.9. The van der Waals surface area contributed by atoms with Gasteiger partial charge in [-0.05, 0) is 75.5 Å². The van der Waals surface area contributed by atoms with Crippen molar-refractivity contribution in [2.75, 3.05) is 13.6 Å². The van der Waals surface area contributed by atoms with Crippen molar-refractivity contribution >= 4 is 12.4 Å². The topological polar surface area (TPSA) is 74.3 Å². The van der Waals surface area contributed by atoms with Gasteiger partial charge in [0.05, 0.1) is 5.76 Å². The summed E-state index contributed by atoms with van der Waals surface area (Å²) >= 11 is 0. The molecule has 35 heavy (non-hydrogen) atoms. The van der Waals surface area contributed by atoms with Crippen LogP contribution >= 0.6 is 0 Å². The minimum absolute atomic E-state index is 0.302. The molecule has 0 amide bonds. The van der Waals surface area contributed by atoms with Gasteiger partial charge in [-0.15, -0.1) is 0 Å². The van der Waals surface area contributed by atoms with E-state index in [0.29, 0.717) is 52.8 Å². The predicted octanol–water partition coefficient (Wildman–Crippen LogP) is 4.15. The number of esters is 1. The number of piperidine rings is 1. The lowest BCUT2D eigenvalue weighted by Crippen LogP contribution is -2.63. The predicted molar refractivity (Wildman–Crippen MR) is 127 cm³/mol. The van der Waals surface area contributed by atoms with E-state index in [-0.39, 0.29) is 5.41 Å². The second kappa shape index (κ2) is 7.99. The second-order valence-corrected chi connectivity index (χ2v) is 9.82. The smallest absolute Gasteiger partial charge is 0.347 e. The van der Waals surface area contributed by atoms with Gasteiger partial charge in [0.25, 0.3) is 6.47 Å². The van der Waals surface area contributed by atoms with E-state index in [0.717, 1.165) is 31.4 Å². The first-order chi connectivity index (χ1) is 16.9. The molecule has 0 N–H and O–H groups in total. The van der Waals surface area contributed by atoms with Crippen LogP contribution < -0.4 is 14.2 Å². The Bertz CT molecular complexity index is 1280. The van der Waals surface area contributed by atoms with E-state index >= 15 is 0 Å². The Labute approximate surface area is 203 Å². The third-order valence-electron chi connectivity index (χ3n) is 7.99. The summed E-state index contributed by atoms with van der Waals surface area (Å²) in [7, 11) is 2.18. The number of carbonyl (C=O) groups is 2. The number of ether oxygens (including phenoxy) is 4. The fourth-order valence-corrected chi connectivity index (χ4v) is 6.62. The van der Waals surface area contributed by atoms with E-state index in [1.54, 1.807) is 31.2 Å². The molecule has 2 aromatic rings. The SMILES string of the molecule is C=C(C)Oc1ccccc1C(=O)Oc1ccc2c3c1OC1C(OC=O)=CCC4C(C2)N(C)CCC314. The van der Waals surface area contributed by atoms with E-state index in [9.17, 15) is 9.59 Å². The summed E-state index contributed by atoms with van der Waals surface area (Å²) in [5, 5.41) is 0. The number of likely N-dealkylation sites (tertiary alicyclic amines) is 1. The molecular formula is C28H27NO6. The van der Waals surface area contributed by atoms with Gasteiger partial charge < -0.3 is 23.8 Å². The van der Waals surface area contributed by atoms with E-state index in [1.807, 2.05) is 18.2 Å². The van der Waals surface area contributed by atoms with Crippen LogP contribution in [0.5, 0.6) is 17.2 Å². The molecule has 6 rings (SSSR count). The zero-order valence-electron chi connectivity index (χ0n) is 19.8. The molecule has 2 aliphatic carbocycles. The summed E-state index contributed by atoms with van der Waals surface area (Å²) in [5.74, 6) is 2.13. The zero-order valence-corrected chi connectivity index (χ0v) is 19.8. The zero-order chi connectivity index (χ0) is 24.3. The van der Waals surface area contributed by atoms with Gasteiger partial charge >= 0.3 is 5.97 Å². The molecule has 2 heterocycles. The van der Waals surface area contributed by atoms with Crippen molar-refractivity contribution in [2.24, 2.45) is 5.92 Å². The largest absolute Gasteiger partial charge is 0.477 e. The van der Waals surface area contributed by atoms with Gasteiger partial charge in [0.2, 0.25) is 0 Å².